The van der Waals surface area contributed by atoms with Crippen LogP contribution in [0.25, 0.3) is 5.43 Å². The Morgan fingerprint density at radius 1 is 1.12 bits per heavy atom. The van der Waals surface area contributed by atoms with Crippen molar-refractivity contribution < 1.29 is 9.60 Å². The van der Waals surface area contributed by atoms with Crippen LogP contribution in [0.1, 0.15) is 20.8 Å². The molecule has 1 saturated heterocycles. The third-order valence-corrected chi connectivity index (χ3v) is 5.67. The molecule has 0 N–H and O–H groups in total. The van der Waals surface area contributed by atoms with Crippen LogP contribution < -0.4 is 4.90 Å². The molecule has 1 unspecified atom stereocenters. The standard InChI is InChI=1S/C20H22N4O/c1-15(25)18-14-23(16-10-6-4-7-11-16)20(3)19(18,2)21-24(22-20)17-12-8-5-9-13-17/h4-13,18H,14H2,1-3H3/t18?,19-,20+/m0/s1. The lowest BCUT2D eigenvalue weighted by atomic mass is 9.79. The maximum absolute atomic E-state index is 12.4. The van der Waals surface area contributed by atoms with Crippen LogP contribution in [0.5, 0.6) is 0 Å². The van der Waals surface area contributed by atoms with Gasteiger partial charge in [-0.25, -0.2) is 5.11 Å². The summed E-state index contributed by atoms with van der Waals surface area (Å²) in [5.74, 6) is -0.0452. The van der Waals surface area contributed by atoms with Crippen LogP contribution in [0.4, 0.5) is 11.4 Å². The van der Waals surface area contributed by atoms with Crippen LogP contribution >= 0.6 is 0 Å². The number of rotatable bonds is 3. The molecule has 1 fully saturated rings. The summed E-state index contributed by atoms with van der Waals surface area (Å²) in [5, 5.41) is 4.91. The molecule has 3 atom stereocenters. The first kappa shape index (κ1) is 15.8. The zero-order chi connectivity index (χ0) is 17.7. The topological polar surface area (TPSA) is 49.8 Å². The average Bonchev–Trinajstić information content (AvgIpc) is 3.01. The highest BCUT2D eigenvalue weighted by Crippen LogP contribution is 2.54. The molecule has 4 rings (SSSR count). The van der Waals surface area contributed by atoms with Gasteiger partial charge in [0, 0.05) is 30.3 Å². The highest BCUT2D eigenvalue weighted by atomic mass is 16.1. The summed E-state index contributed by atoms with van der Waals surface area (Å²) in [6.45, 7) is 6.41. The van der Waals surface area contributed by atoms with Crippen molar-refractivity contribution in [1.82, 2.24) is 0 Å². The summed E-state index contributed by atoms with van der Waals surface area (Å²) in [7, 11) is 0. The Morgan fingerprint density at radius 2 is 1.72 bits per heavy atom. The van der Waals surface area contributed by atoms with Crippen molar-refractivity contribution >= 4 is 17.2 Å². The summed E-state index contributed by atoms with van der Waals surface area (Å²) in [6, 6.07) is 20.0. The lowest BCUT2D eigenvalue weighted by Gasteiger charge is -2.41. The van der Waals surface area contributed by atoms with E-state index in [-0.39, 0.29) is 11.7 Å². The van der Waals surface area contributed by atoms with Gasteiger partial charge in [-0.1, -0.05) is 43.3 Å². The molecule has 2 aliphatic heterocycles. The monoisotopic (exact) mass is 334 g/mol. The molecule has 0 saturated carbocycles. The van der Waals surface area contributed by atoms with Gasteiger partial charge in [-0.05, 0) is 26.0 Å². The molecule has 0 bridgehead atoms. The van der Waals surface area contributed by atoms with Crippen LogP contribution in [0, 0.1) is 5.92 Å². The third kappa shape index (κ3) is 2.18. The summed E-state index contributed by atoms with van der Waals surface area (Å²) in [6.07, 6.45) is 0. The Hall–Kier alpha value is -2.69. The molecule has 2 aromatic carbocycles. The zero-order valence-electron chi connectivity index (χ0n) is 14.8. The van der Waals surface area contributed by atoms with Gasteiger partial charge in [-0.15, -0.1) is 4.81 Å². The largest absolute Gasteiger partial charge is 0.360 e. The second-order valence-electron chi connectivity index (χ2n) is 7.10. The first-order valence-corrected chi connectivity index (χ1v) is 8.60. The van der Waals surface area contributed by atoms with E-state index < -0.39 is 11.2 Å². The van der Waals surface area contributed by atoms with E-state index in [1.807, 2.05) is 48.5 Å². The molecule has 25 heavy (non-hydrogen) atoms. The number of azo groups is 1. The minimum atomic E-state index is -0.611. The minimum Gasteiger partial charge on any atom is -0.360 e. The van der Waals surface area contributed by atoms with E-state index >= 15 is 0 Å². The van der Waals surface area contributed by atoms with Gasteiger partial charge in [-0.3, -0.25) is 4.79 Å². The maximum atomic E-state index is 12.4. The summed E-state index contributed by atoms with van der Waals surface area (Å²) in [5.41, 5.74) is 5.71. The highest BCUT2D eigenvalue weighted by Gasteiger charge is 2.62. The number of benzene rings is 2. The first-order valence-electron chi connectivity index (χ1n) is 8.60. The summed E-state index contributed by atoms with van der Waals surface area (Å²) >= 11 is 0. The lowest BCUT2D eigenvalue weighted by Crippen LogP contribution is -2.52. The van der Waals surface area contributed by atoms with E-state index in [4.69, 9.17) is 10.5 Å². The fourth-order valence-electron chi connectivity index (χ4n) is 4.03. The molecule has 5 nitrogen and oxygen atoms in total. The fourth-order valence-corrected chi connectivity index (χ4v) is 4.03. The van der Waals surface area contributed by atoms with Crippen molar-refractivity contribution in [2.45, 2.75) is 32.0 Å². The Bertz CT molecular complexity index is 835. The van der Waals surface area contributed by atoms with Gasteiger partial charge in [0.05, 0.1) is 5.54 Å². The molecule has 0 aromatic heterocycles. The fraction of sp³-hybridized carbons (Fsp3) is 0.350. The number of nitrogens with zero attached hydrogens (tertiary/aromatic N) is 4. The Labute approximate surface area is 147 Å². The van der Waals surface area contributed by atoms with Crippen LogP contribution in [0.15, 0.2) is 65.8 Å². The number of carbonyl (C=O) groups is 1. The molecule has 5 heteroatoms. The SMILES string of the molecule is CC(=O)C1CN(c2ccccc2)[C@@]2(C)[N-][N+](c3ccccc3)=N[C@@]12C. The van der Waals surface area contributed by atoms with Crippen molar-refractivity contribution in [3.05, 3.63) is 66.1 Å². The molecule has 0 radical (unpaired) electrons. The second kappa shape index (κ2) is 5.41. The minimum absolute atomic E-state index is 0.154. The van der Waals surface area contributed by atoms with Gasteiger partial charge in [0.25, 0.3) is 0 Å². The second-order valence-corrected chi connectivity index (χ2v) is 7.10. The Balaban J connectivity index is 1.82. The van der Waals surface area contributed by atoms with E-state index in [0.29, 0.717) is 6.54 Å². The highest BCUT2D eigenvalue weighted by molar-refractivity contribution is 5.83. The van der Waals surface area contributed by atoms with Crippen molar-refractivity contribution in [1.29, 1.82) is 0 Å². The zero-order valence-corrected chi connectivity index (χ0v) is 14.8. The molecule has 0 amide bonds. The Kier molecular flexibility index (Phi) is 3.42. The van der Waals surface area contributed by atoms with Crippen molar-refractivity contribution in [3.63, 3.8) is 0 Å². The van der Waals surface area contributed by atoms with Gasteiger partial charge in [-0.2, -0.15) is 5.43 Å². The normalized spacial score (nSPS) is 30.6. The third-order valence-electron chi connectivity index (χ3n) is 5.67. The molecular formula is C20H22N4O. The smallest absolute Gasteiger partial charge is 0.225 e. The van der Waals surface area contributed by atoms with Gasteiger partial charge >= 0.3 is 0 Å². The number of carbonyl (C=O) groups excluding carboxylic acids is 1. The quantitative estimate of drug-likeness (QED) is 0.786. The number of ketones is 1. The van der Waals surface area contributed by atoms with E-state index in [9.17, 15) is 4.79 Å². The number of anilines is 1. The molecule has 2 aromatic rings. The van der Waals surface area contributed by atoms with E-state index in [1.54, 1.807) is 11.7 Å². The molecule has 2 aliphatic rings. The number of fused-ring (bicyclic) bond motifs is 1. The van der Waals surface area contributed by atoms with Gasteiger partial charge in [0.2, 0.25) is 5.69 Å². The molecule has 2 heterocycles. The van der Waals surface area contributed by atoms with E-state index in [1.165, 1.54) is 0 Å². The van der Waals surface area contributed by atoms with Gasteiger partial charge < -0.3 is 4.90 Å². The van der Waals surface area contributed by atoms with Gasteiger partial charge in [0.15, 0.2) is 0 Å². The van der Waals surface area contributed by atoms with Crippen LogP contribution in [0.3, 0.4) is 0 Å². The average molecular weight is 334 g/mol. The van der Waals surface area contributed by atoms with E-state index in [0.717, 1.165) is 11.4 Å². The summed E-state index contributed by atoms with van der Waals surface area (Å²) < 4.78 is 0. The van der Waals surface area contributed by atoms with Crippen molar-refractivity contribution in [2.75, 3.05) is 11.4 Å². The van der Waals surface area contributed by atoms with Gasteiger partial charge in [0.1, 0.15) is 11.4 Å². The lowest BCUT2D eigenvalue weighted by molar-refractivity contribution is -0.457. The predicted molar refractivity (Wildman–Crippen MR) is 96.9 cm³/mol. The Morgan fingerprint density at radius 3 is 2.32 bits per heavy atom. The van der Waals surface area contributed by atoms with Crippen LogP contribution in [0.2, 0.25) is 0 Å². The maximum Gasteiger partial charge on any atom is 0.225 e. The first-order chi connectivity index (χ1) is 12.0. The van der Waals surface area contributed by atoms with Crippen molar-refractivity contribution in [3.8, 4) is 0 Å². The number of para-hydroxylation sites is 2. The number of hydrogen-bond acceptors (Lipinski definition) is 3. The number of hydrogen-bond donors (Lipinski definition) is 0. The summed E-state index contributed by atoms with van der Waals surface area (Å²) in [4.78, 5) is 16.3. The van der Waals surface area contributed by atoms with Crippen molar-refractivity contribution in [2.24, 2.45) is 11.0 Å². The van der Waals surface area contributed by atoms with Crippen LogP contribution in [-0.2, 0) is 4.79 Å². The molecule has 0 aliphatic carbocycles. The number of Topliss-reactive ketones (excluding diaryl/α,β-unsaturated/α-hetero) is 1. The molecule has 128 valence electrons. The molecule has 0 spiro atoms. The predicted octanol–water partition coefficient (Wildman–Crippen LogP) is 4.29. The molecular weight excluding hydrogens is 312 g/mol. The van der Waals surface area contributed by atoms with E-state index in [2.05, 4.69) is 30.9 Å². The van der Waals surface area contributed by atoms with Crippen LogP contribution in [-0.4, -0.2) is 28.3 Å².